The molecule has 0 saturated carbocycles. The molecule has 0 radical (unpaired) electrons. The van der Waals surface area contributed by atoms with E-state index in [1.807, 2.05) is 6.07 Å². The fourth-order valence-corrected chi connectivity index (χ4v) is 3.89. The number of phenols is 1. The summed E-state index contributed by atoms with van der Waals surface area (Å²) in [6.07, 6.45) is -4.66. The predicted octanol–water partition coefficient (Wildman–Crippen LogP) is 5.09. The minimum Gasteiger partial charge on any atom is -0.508 e. The monoisotopic (exact) mass is 500 g/mol. The number of aromatic nitrogens is 2. The van der Waals surface area contributed by atoms with Crippen molar-refractivity contribution in [3.63, 3.8) is 0 Å². The highest BCUT2D eigenvalue weighted by Crippen LogP contribution is 2.29. The van der Waals surface area contributed by atoms with E-state index in [-0.39, 0.29) is 30.4 Å². The largest absolute Gasteiger partial charge is 0.508 e. The number of halogens is 4. The summed E-state index contributed by atoms with van der Waals surface area (Å²) in [7, 11) is 1.55. The molecule has 1 atom stereocenters. The lowest BCUT2D eigenvalue weighted by Crippen LogP contribution is -2.35. The fraction of sp³-hybridized carbons (Fsp3) is 0.231. The number of hydrogen-bond acceptors (Lipinski definition) is 4. The number of carbonyl (C=O) groups excluding carboxylic acids is 1. The van der Waals surface area contributed by atoms with Crippen LogP contribution in [-0.4, -0.2) is 28.0 Å². The van der Waals surface area contributed by atoms with Crippen LogP contribution in [0.2, 0.25) is 0 Å². The van der Waals surface area contributed by atoms with E-state index in [9.17, 15) is 27.5 Å². The Morgan fingerprint density at radius 1 is 1.06 bits per heavy atom. The number of alkyl halides is 3. The Morgan fingerprint density at radius 3 is 2.42 bits per heavy atom. The van der Waals surface area contributed by atoms with Gasteiger partial charge in [0, 0.05) is 7.05 Å². The van der Waals surface area contributed by atoms with Crippen LogP contribution in [0.1, 0.15) is 35.4 Å². The standard InChI is InChI=1S/C26H24F4N4O2/c1-16(18-5-6-20-12-23(35)10-7-19(20)11-18)25(36)31-14-22-13-24(26(28,29)30)32-34(22)33(2)15-17-3-8-21(27)9-4-17/h3-13,16,35H,14-15H2,1-2H3,(H,31,36). The van der Waals surface area contributed by atoms with Gasteiger partial charge in [-0.2, -0.15) is 18.0 Å². The lowest BCUT2D eigenvalue weighted by molar-refractivity contribution is -0.141. The molecule has 0 aliphatic rings. The van der Waals surface area contributed by atoms with Crippen LogP contribution in [0.25, 0.3) is 10.8 Å². The first kappa shape index (κ1) is 25.0. The molecular weight excluding hydrogens is 476 g/mol. The third-order valence-corrected chi connectivity index (χ3v) is 5.89. The van der Waals surface area contributed by atoms with Gasteiger partial charge in [-0.25, -0.2) is 4.39 Å². The van der Waals surface area contributed by atoms with E-state index in [4.69, 9.17) is 0 Å². The van der Waals surface area contributed by atoms with E-state index in [2.05, 4.69) is 10.4 Å². The molecule has 188 valence electrons. The number of phenolic OH excluding ortho intramolecular Hbond substituents is 1. The van der Waals surface area contributed by atoms with Crippen molar-refractivity contribution in [1.29, 1.82) is 0 Å². The zero-order valence-electron chi connectivity index (χ0n) is 19.6. The Balaban J connectivity index is 1.51. The number of fused-ring (bicyclic) bond motifs is 1. The van der Waals surface area contributed by atoms with Crippen molar-refractivity contribution in [2.24, 2.45) is 0 Å². The molecule has 4 aromatic rings. The average molecular weight is 500 g/mol. The summed E-state index contributed by atoms with van der Waals surface area (Å²) < 4.78 is 53.3. The molecule has 0 saturated heterocycles. The minimum absolute atomic E-state index is 0.139. The lowest BCUT2D eigenvalue weighted by Gasteiger charge is -2.22. The van der Waals surface area contributed by atoms with Crippen molar-refractivity contribution in [1.82, 2.24) is 15.2 Å². The highest BCUT2D eigenvalue weighted by atomic mass is 19.4. The third kappa shape index (κ3) is 5.59. The number of rotatable bonds is 7. The molecule has 2 N–H and O–H groups in total. The Bertz CT molecular complexity index is 1380. The Hall–Kier alpha value is -4.08. The van der Waals surface area contributed by atoms with Gasteiger partial charge in [-0.3, -0.25) is 9.80 Å². The SMILES string of the molecule is CC(C(=O)NCc1cc(C(F)(F)F)nn1N(C)Cc1ccc(F)cc1)c1ccc2cc(O)ccc2c1. The second-order valence-electron chi connectivity index (χ2n) is 8.58. The molecule has 1 heterocycles. The van der Waals surface area contributed by atoms with Gasteiger partial charge in [-0.1, -0.05) is 36.4 Å². The molecule has 0 aliphatic carbocycles. The Morgan fingerprint density at radius 2 is 1.72 bits per heavy atom. The molecule has 0 spiro atoms. The number of nitrogens with one attached hydrogen (secondary N) is 1. The quantitative estimate of drug-likeness (QED) is 0.347. The molecule has 1 amide bonds. The smallest absolute Gasteiger partial charge is 0.435 e. The molecule has 3 aromatic carbocycles. The van der Waals surface area contributed by atoms with Crippen molar-refractivity contribution in [3.8, 4) is 5.75 Å². The van der Waals surface area contributed by atoms with Gasteiger partial charge in [0.2, 0.25) is 5.91 Å². The third-order valence-electron chi connectivity index (χ3n) is 5.89. The number of carbonyl (C=O) groups is 1. The van der Waals surface area contributed by atoms with Gasteiger partial charge in [0.15, 0.2) is 5.69 Å². The van der Waals surface area contributed by atoms with Crippen molar-refractivity contribution in [2.45, 2.75) is 32.1 Å². The Labute approximate surface area is 204 Å². The van der Waals surface area contributed by atoms with Crippen molar-refractivity contribution >= 4 is 16.7 Å². The van der Waals surface area contributed by atoms with Crippen LogP contribution in [0, 0.1) is 5.82 Å². The van der Waals surface area contributed by atoms with Gasteiger partial charge in [-0.15, -0.1) is 5.10 Å². The summed E-state index contributed by atoms with van der Waals surface area (Å²) in [5.74, 6) is -1.21. The highest BCUT2D eigenvalue weighted by molar-refractivity contribution is 5.88. The van der Waals surface area contributed by atoms with Crippen LogP contribution >= 0.6 is 0 Å². The summed E-state index contributed by atoms with van der Waals surface area (Å²) in [5.41, 5.74) is 0.463. The summed E-state index contributed by atoms with van der Waals surface area (Å²) in [6.45, 7) is 1.70. The van der Waals surface area contributed by atoms with Gasteiger partial charge >= 0.3 is 6.18 Å². The molecule has 0 bridgehead atoms. The average Bonchev–Trinajstić information content (AvgIpc) is 3.28. The van der Waals surface area contributed by atoms with Crippen LogP contribution in [-0.2, 0) is 24.1 Å². The maximum Gasteiger partial charge on any atom is 0.435 e. The van der Waals surface area contributed by atoms with E-state index in [0.717, 1.165) is 27.2 Å². The molecule has 1 aromatic heterocycles. The molecule has 36 heavy (non-hydrogen) atoms. The normalized spacial score (nSPS) is 12.5. The van der Waals surface area contributed by atoms with Crippen LogP contribution in [0.3, 0.4) is 0 Å². The first-order valence-electron chi connectivity index (χ1n) is 11.1. The second-order valence-corrected chi connectivity index (χ2v) is 8.58. The van der Waals surface area contributed by atoms with Gasteiger partial charge in [0.1, 0.15) is 11.6 Å². The van der Waals surface area contributed by atoms with E-state index in [1.54, 1.807) is 44.3 Å². The van der Waals surface area contributed by atoms with Gasteiger partial charge in [0.05, 0.1) is 24.7 Å². The number of aromatic hydroxyl groups is 1. The summed E-state index contributed by atoms with van der Waals surface area (Å²) in [5, 5.41) is 19.1. The topological polar surface area (TPSA) is 70.4 Å². The lowest BCUT2D eigenvalue weighted by atomic mass is 9.97. The van der Waals surface area contributed by atoms with Gasteiger partial charge in [-0.05, 0) is 59.2 Å². The van der Waals surface area contributed by atoms with E-state index < -0.39 is 23.6 Å². The molecule has 0 aliphatic heterocycles. The fourth-order valence-electron chi connectivity index (χ4n) is 3.89. The second kappa shape index (κ2) is 9.88. The van der Waals surface area contributed by atoms with Crippen LogP contribution in [0.5, 0.6) is 5.75 Å². The van der Waals surface area contributed by atoms with Gasteiger partial charge in [0.25, 0.3) is 0 Å². The van der Waals surface area contributed by atoms with E-state index in [0.29, 0.717) is 5.56 Å². The molecule has 10 heteroatoms. The minimum atomic E-state index is -4.66. The summed E-state index contributed by atoms with van der Waals surface area (Å²) in [6, 6.07) is 16.8. The number of nitrogens with zero attached hydrogens (tertiary/aromatic N) is 3. The highest BCUT2D eigenvalue weighted by Gasteiger charge is 2.35. The zero-order valence-corrected chi connectivity index (χ0v) is 19.6. The van der Waals surface area contributed by atoms with Crippen LogP contribution in [0.4, 0.5) is 17.6 Å². The van der Waals surface area contributed by atoms with E-state index >= 15 is 0 Å². The number of hydrogen-bond donors (Lipinski definition) is 2. The molecule has 6 nitrogen and oxygen atoms in total. The summed E-state index contributed by atoms with van der Waals surface area (Å²) in [4.78, 5) is 14.0. The molecule has 1 unspecified atom stereocenters. The predicted molar refractivity (Wildman–Crippen MR) is 127 cm³/mol. The zero-order chi connectivity index (χ0) is 26.0. The van der Waals surface area contributed by atoms with Crippen molar-refractivity contribution in [2.75, 3.05) is 12.1 Å². The molecular formula is C26H24F4N4O2. The van der Waals surface area contributed by atoms with Crippen LogP contribution in [0.15, 0.2) is 66.7 Å². The van der Waals surface area contributed by atoms with Crippen molar-refractivity contribution < 1.29 is 27.5 Å². The van der Waals surface area contributed by atoms with Gasteiger partial charge < -0.3 is 10.4 Å². The number of benzene rings is 3. The van der Waals surface area contributed by atoms with Crippen molar-refractivity contribution in [3.05, 3.63) is 95.1 Å². The maximum absolute atomic E-state index is 13.4. The van der Waals surface area contributed by atoms with Crippen LogP contribution < -0.4 is 10.3 Å². The first-order chi connectivity index (χ1) is 17.0. The summed E-state index contributed by atoms with van der Waals surface area (Å²) >= 11 is 0. The molecule has 0 fully saturated rings. The Kier molecular flexibility index (Phi) is 6.87. The van der Waals surface area contributed by atoms with E-state index in [1.165, 1.54) is 29.3 Å². The number of amides is 1. The molecule has 4 rings (SSSR count). The maximum atomic E-state index is 13.4. The first-order valence-corrected chi connectivity index (χ1v) is 11.1.